The quantitative estimate of drug-likeness (QED) is 0.749. The molecular weight excluding hydrogens is 186 g/mol. The summed E-state index contributed by atoms with van der Waals surface area (Å²) >= 11 is 0. The fraction of sp³-hybridized carbons (Fsp3) is 0.667. The lowest BCUT2D eigenvalue weighted by Crippen LogP contribution is -2.28. The number of rotatable bonds is 1. The van der Waals surface area contributed by atoms with E-state index in [1.165, 1.54) is 25.0 Å². The summed E-state index contributed by atoms with van der Waals surface area (Å²) in [7, 11) is 2.05. The Morgan fingerprint density at radius 1 is 1.54 bits per heavy atom. The zero-order valence-electron chi connectivity index (χ0n) is 7.86. The zero-order chi connectivity index (χ0) is 8.39. The molecule has 1 aromatic rings. The van der Waals surface area contributed by atoms with Crippen molar-refractivity contribution >= 4 is 12.4 Å². The van der Waals surface area contributed by atoms with Crippen LogP contribution in [0.3, 0.4) is 0 Å². The Balaban J connectivity index is 0.000000845. The van der Waals surface area contributed by atoms with Crippen LogP contribution in [-0.4, -0.2) is 16.1 Å². The van der Waals surface area contributed by atoms with Gasteiger partial charge >= 0.3 is 0 Å². The molecule has 0 bridgehead atoms. The minimum atomic E-state index is 0. The summed E-state index contributed by atoms with van der Waals surface area (Å²) in [5.74, 6) is 0. The molecule has 1 atom stereocenters. The van der Waals surface area contributed by atoms with E-state index in [-0.39, 0.29) is 12.4 Å². The standard InChI is InChI=1S/C9H15N3.ClH/c1-12-7-10-6-9(12)8-4-2-3-5-11-8;/h6-8,11H,2-5H2,1H3;1H. The maximum absolute atomic E-state index is 4.12. The van der Waals surface area contributed by atoms with E-state index >= 15 is 0 Å². The van der Waals surface area contributed by atoms with Gasteiger partial charge in [0.15, 0.2) is 0 Å². The highest BCUT2D eigenvalue weighted by atomic mass is 35.5. The van der Waals surface area contributed by atoms with Crippen molar-refractivity contribution in [2.75, 3.05) is 6.54 Å². The zero-order valence-corrected chi connectivity index (χ0v) is 8.68. The topological polar surface area (TPSA) is 29.9 Å². The fourth-order valence-electron chi connectivity index (χ4n) is 1.81. The van der Waals surface area contributed by atoms with Gasteiger partial charge in [-0.15, -0.1) is 12.4 Å². The molecule has 1 saturated heterocycles. The van der Waals surface area contributed by atoms with Crippen molar-refractivity contribution in [3.05, 3.63) is 18.2 Å². The molecule has 0 amide bonds. The van der Waals surface area contributed by atoms with Gasteiger partial charge < -0.3 is 9.88 Å². The SMILES string of the molecule is Cl.Cn1cncc1C1CCCCN1. The summed E-state index contributed by atoms with van der Waals surface area (Å²) in [5.41, 5.74) is 1.31. The molecule has 1 aliphatic rings. The van der Waals surface area contributed by atoms with Crippen molar-refractivity contribution in [1.82, 2.24) is 14.9 Å². The molecular formula is C9H16ClN3. The first kappa shape index (κ1) is 10.5. The van der Waals surface area contributed by atoms with E-state index in [9.17, 15) is 0 Å². The van der Waals surface area contributed by atoms with Crippen LogP contribution in [0.25, 0.3) is 0 Å². The molecule has 0 saturated carbocycles. The van der Waals surface area contributed by atoms with Gasteiger partial charge in [-0.3, -0.25) is 0 Å². The van der Waals surface area contributed by atoms with Crippen LogP contribution < -0.4 is 5.32 Å². The number of piperidine rings is 1. The van der Waals surface area contributed by atoms with Gasteiger partial charge in [-0.2, -0.15) is 0 Å². The highest BCUT2D eigenvalue weighted by Gasteiger charge is 2.16. The van der Waals surface area contributed by atoms with Crippen molar-refractivity contribution in [3.8, 4) is 0 Å². The van der Waals surface area contributed by atoms with Crippen molar-refractivity contribution in [1.29, 1.82) is 0 Å². The fourth-order valence-corrected chi connectivity index (χ4v) is 1.81. The first-order chi connectivity index (χ1) is 5.88. The molecule has 0 aliphatic carbocycles. The van der Waals surface area contributed by atoms with Gasteiger partial charge in [0.1, 0.15) is 0 Å². The second-order valence-electron chi connectivity index (χ2n) is 3.43. The van der Waals surface area contributed by atoms with Crippen LogP contribution in [0, 0.1) is 0 Å². The minimum absolute atomic E-state index is 0. The summed E-state index contributed by atoms with van der Waals surface area (Å²) in [5, 5.41) is 3.50. The highest BCUT2D eigenvalue weighted by Crippen LogP contribution is 2.21. The monoisotopic (exact) mass is 201 g/mol. The molecule has 1 N–H and O–H groups in total. The number of aromatic nitrogens is 2. The molecule has 74 valence electrons. The molecule has 1 fully saturated rings. The van der Waals surface area contributed by atoms with Crippen LogP contribution in [0.5, 0.6) is 0 Å². The van der Waals surface area contributed by atoms with Gasteiger partial charge in [0.2, 0.25) is 0 Å². The molecule has 1 aromatic heterocycles. The van der Waals surface area contributed by atoms with Gasteiger partial charge in [0.05, 0.1) is 12.0 Å². The second kappa shape index (κ2) is 4.63. The number of hydrogen-bond donors (Lipinski definition) is 1. The van der Waals surface area contributed by atoms with Crippen LogP contribution >= 0.6 is 12.4 Å². The first-order valence-electron chi connectivity index (χ1n) is 4.57. The smallest absolute Gasteiger partial charge is 0.0946 e. The Kier molecular flexibility index (Phi) is 3.75. The number of nitrogens with zero attached hydrogens (tertiary/aromatic N) is 2. The lowest BCUT2D eigenvalue weighted by Gasteiger charge is -2.23. The molecule has 1 aliphatic heterocycles. The summed E-state index contributed by atoms with van der Waals surface area (Å²) in [6.07, 6.45) is 7.73. The van der Waals surface area contributed by atoms with Gasteiger partial charge in [0, 0.05) is 19.3 Å². The maximum atomic E-state index is 4.12. The average molecular weight is 202 g/mol. The minimum Gasteiger partial charge on any atom is -0.336 e. The number of nitrogens with one attached hydrogen (secondary N) is 1. The molecule has 3 nitrogen and oxygen atoms in total. The number of imidazole rings is 1. The molecule has 0 radical (unpaired) electrons. The van der Waals surface area contributed by atoms with E-state index in [1.54, 1.807) is 0 Å². The van der Waals surface area contributed by atoms with E-state index in [2.05, 4.69) is 21.9 Å². The van der Waals surface area contributed by atoms with Gasteiger partial charge in [-0.05, 0) is 19.4 Å². The predicted octanol–water partition coefficient (Wildman–Crippen LogP) is 1.66. The Hall–Kier alpha value is -0.540. The maximum Gasteiger partial charge on any atom is 0.0946 e. The number of halogens is 1. The van der Waals surface area contributed by atoms with Crippen LogP contribution in [0.1, 0.15) is 31.0 Å². The van der Waals surface area contributed by atoms with Crippen LogP contribution in [0.15, 0.2) is 12.5 Å². The summed E-state index contributed by atoms with van der Waals surface area (Å²) in [6, 6.07) is 0.534. The van der Waals surface area contributed by atoms with Gasteiger partial charge in [-0.25, -0.2) is 4.98 Å². The molecule has 13 heavy (non-hydrogen) atoms. The summed E-state index contributed by atoms with van der Waals surface area (Å²) in [4.78, 5) is 4.12. The Bertz CT molecular complexity index is 253. The third-order valence-electron chi connectivity index (χ3n) is 2.52. The number of hydrogen-bond acceptors (Lipinski definition) is 2. The van der Waals surface area contributed by atoms with E-state index in [0.29, 0.717) is 6.04 Å². The van der Waals surface area contributed by atoms with E-state index < -0.39 is 0 Å². The van der Waals surface area contributed by atoms with Crippen LogP contribution in [0.2, 0.25) is 0 Å². The Labute approximate surface area is 85.0 Å². The molecule has 4 heteroatoms. The highest BCUT2D eigenvalue weighted by molar-refractivity contribution is 5.85. The van der Waals surface area contributed by atoms with Crippen molar-refractivity contribution < 1.29 is 0 Å². The molecule has 1 unspecified atom stereocenters. The van der Waals surface area contributed by atoms with Crippen molar-refractivity contribution in [2.24, 2.45) is 7.05 Å². The molecule has 0 spiro atoms. The molecule has 0 aromatic carbocycles. The van der Waals surface area contributed by atoms with E-state index in [0.717, 1.165) is 6.54 Å². The first-order valence-corrected chi connectivity index (χ1v) is 4.57. The Morgan fingerprint density at radius 3 is 2.92 bits per heavy atom. The van der Waals surface area contributed by atoms with E-state index in [4.69, 9.17) is 0 Å². The second-order valence-corrected chi connectivity index (χ2v) is 3.43. The number of aryl methyl sites for hydroxylation is 1. The normalized spacial score (nSPS) is 22.4. The molecule has 2 rings (SSSR count). The van der Waals surface area contributed by atoms with Gasteiger partial charge in [0.25, 0.3) is 0 Å². The largest absolute Gasteiger partial charge is 0.336 e. The van der Waals surface area contributed by atoms with Crippen molar-refractivity contribution in [3.63, 3.8) is 0 Å². The van der Waals surface area contributed by atoms with E-state index in [1.807, 2.05) is 12.5 Å². The Morgan fingerprint density at radius 2 is 2.38 bits per heavy atom. The van der Waals surface area contributed by atoms with Crippen LogP contribution in [0.4, 0.5) is 0 Å². The average Bonchev–Trinajstić information content (AvgIpc) is 2.53. The van der Waals surface area contributed by atoms with Crippen LogP contribution in [-0.2, 0) is 7.05 Å². The lowest BCUT2D eigenvalue weighted by atomic mass is 10.0. The summed E-state index contributed by atoms with van der Waals surface area (Å²) in [6.45, 7) is 1.15. The lowest BCUT2D eigenvalue weighted by molar-refractivity contribution is 0.398. The third kappa shape index (κ3) is 2.23. The van der Waals surface area contributed by atoms with Gasteiger partial charge in [-0.1, -0.05) is 6.42 Å². The third-order valence-corrected chi connectivity index (χ3v) is 2.52. The van der Waals surface area contributed by atoms with Crippen molar-refractivity contribution in [2.45, 2.75) is 25.3 Å². The predicted molar refractivity (Wildman–Crippen MR) is 55.1 cm³/mol. The summed E-state index contributed by atoms with van der Waals surface area (Å²) < 4.78 is 2.10. The molecule has 2 heterocycles.